The minimum atomic E-state index is -1.66. The van der Waals surface area contributed by atoms with E-state index in [2.05, 4.69) is 21.3 Å². The summed E-state index contributed by atoms with van der Waals surface area (Å²) in [6.07, 6.45) is 3.55. The first-order chi connectivity index (χ1) is 44.3. The molecule has 0 aromatic rings. The minimum Gasteiger partial charge on any atom is -0.430 e. The van der Waals surface area contributed by atoms with Crippen molar-refractivity contribution in [3.05, 3.63) is 24.3 Å². The maximum Gasteiger partial charge on any atom is 0.509 e. The molecule has 27 nitrogen and oxygen atoms in total. The summed E-state index contributed by atoms with van der Waals surface area (Å²) in [6, 6.07) is -13.2. The molecule has 0 aliphatic carbocycles. The Bertz CT molecular complexity index is 2690. The van der Waals surface area contributed by atoms with Gasteiger partial charge in [-0.15, -0.1) is 0 Å². The van der Waals surface area contributed by atoms with Crippen LogP contribution in [0.15, 0.2) is 24.3 Å². The van der Waals surface area contributed by atoms with Crippen LogP contribution in [0.1, 0.15) is 164 Å². The van der Waals surface area contributed by atoms with Gasteiger partial charge in [0.25, 0.3) is 0 Å². The number of likely N-dealkylation sites (N-methyl/N-ethyl adjacent to an activating group) is 7. The third kappa shape index (κ3) is 26.0. The highest BCUT2D eigenvalue weighted by Crippen LogP contribution is 2.26. The molecule has 11 amide bonds. The fourth-order valence-corrected chi connectivity index (χ4v) is 11.3. The van der Waals surface area contributed by atoms with Crippen molar-refractivity contribution in [1.29, 1.82) is 0 Å². The molecule has 1 saturated heterocycles. The van der Waals surface area contributed by atoms with E-state index in [1.54, 1.807) is 81.4 Å². The number of aliphatic hydroxyl groups is 1. The molecule has 0 bridgehead atoms. The number of carbonyl (C=O) groups excluding carboxylic acids is 12. The van der Waals surface area contributed by atoms with E-state index in [-0.39, 0.29) is 63.1 Å². The van der Waals surface area contributed by atoms with Gasteiger partial charge in [0.2, 0.25) is 65.0 Å². The summed E-state index contributed by atoms with van der Waals surface area (Å²) >= 11 is 0. The Morgan fingerprint density at radius 3 is 1.49 bits per heavy atom. The summed E-state index contributed by atoms with van der Waals surface area (Å²) in [6.45, 7) is 31.3. The topological polar surface area (TPSA) is 324 Å². The van der Waals surface area contributed by atoms with Gasteiger partial charge in [-0.2, -0.15) is 0 Å². The van der Waals surface area contributed by atoms with Gasteiger partial charge in [-0.1, -0.05) is 101 Å². The molecule has 1 fully saturated rings. The number of allylic oxidation sites excluding steroid dienone is 2. The van der Waals surface area contributed by atoms with Crippen LogP contribution in [0, 0.1) is 35.5 Å². The van der Waals surface area contributed by atoms with Gasteiger partial charge in [-0.3, -0.25) is 52.7 Å². The third-order valence-corrected chi connectivity index (χ3v) is 17.1. The van der Waals surface area contributed by atoms with Gasteiger partial charge < -0.3 is 74.9 Å². The van der Waals surface area contributed by atoms with Gasteiger partial charge in [-0.05, 0) is 122 Å². The molecule has 1 aliphatic rings. The lowest BCUT2D eigenvalue weighted by Crippen LogP contribution is -2.63. The second-order valence-electron chi connectivity index (χ2n) is 28.7. The lowest BCUT2D eigenvalue weighted by molar-refractivity contribution is -0.157. The van der Waals surface area contributed by atoms with Gasteiger partial charge in [0.15, 0.2) is 0 Å². The molecule has 0 spiro atoms. The van der Waals surface area contributed by atoms with Crippen LogP contribution in [0.5, 0.6) is 0 Å². The van der Waals surface area contributed by atoms with Crippen LogP contribution in [0.25, 0.3) is 0 Å². The average Bonchev–Trinajstić information content (AvgIpc) is 0.808. The van der Waals surface area contributed by atoms with Crippen LogP contribution in [0.4, 0.5) is 4.79 Å². The van der Waals surface area contributed by atoms with Crippen LogP contribution >= 0.6 is 0 Å². The first-order valence-corrected chi connectivity index (χ1v) is 33.8. The Balaban J connectivity index is 4.38. The standard InChI is InChI=1S/C69H121N11O16/c1-27-29-32-44(13)57(82)56-61(86)72-48(28-2)63(88)74(20)38-52(81)78(24)55(47(16)94-33-30-31-34-95-68(93)96-69(17,18)19)60(85)73-53(42(9)10)66(91)75(21)49(35-39(3)4)59(84)70-45(14)58(83)71-46(15)62(87)76(22)50(36-40(5)6)64(89)77(23)51(37-41(7)8)65(90)79(25)54(43(11)12)67(92)80(56)26/h27,29-31,39-51,53-57,82H,28,32-38H2,1-26H3,(H,70,84)(H,71,83)(H,72,86)(H,73,85)/b29-27+,31-30+/t44-,45+,46-,47-,48+,49+,50+,51-,53+,54+,55+,56+,57-/m1/s1. The number of aliphatic hydroxyl groups excluding tert-OH is 1. The predicted octanol–water partition coefficient (Wildman–Crippen LogP) is 4.14. The Kier molecular flexibility index (Phi) is 36.1. The fourth-order valence-electron chi connectivity index (χ4n) is 11.3. The number of carbonyl (C=O) groups is 12. The molecule has 1 rings (SSSR count). The Hall–Kier alpha value is -7.16. The normalized spacial score (nSPS) is 25.6. The smallest absolute Gasteiger partial charge is 0.430 e. The fraction of sp³-hybridized carbons (Fsp3) is 0.768. The second kappa shape index (κ2) is 39.9. The van der Waals surface area contributed by atoms with Crippen LogP contribution in [0.3, 0.4) is 0 Å². The summed E-state index contributed by atoms with van der Waals surface area (Å²) < 4.78 is 16.4. The first-order valence-electron chi connectivity index (χ1n) is 33.8. The quantitative estimate of drug-likeness (QED) is 0.0896. The highest BCUT2D eigenvalue weighted by atomic mass is 16.7. The first kappa shape index (κ1) is 86.9. The van der Waals surface area contributed by atoms with Gasteiger partial charge in [0, 0.05) is 49.3 Å². The van der Waals surface area contributed by atoms with Crippen molar-refractivity contribution in [2.75, 3.05) is 69.1 Å². The Morgan fingerprint density at radius 1 is 0.531 bits per heavy atom. The zero-order valence-corrected chi connectivity index (χ0v) is 62.6. The van der Waals surface area contributed by atoms with Crippen molar-refractivity contribution in [1.82, 2.24) is 55.6 Å². The van der Waals surface area contributed by atoms with Gasteiger partial charge >= 0.3 is 6.16 Å². The molecule has 0 saturated carbocycles. The molecule has 0 unspecified atom stereocenters. The van der Waals surface area contributed by atoms with E-state index in [0.717, 1.165) is 14.7 Å². The zero-order chi connectivity index (χ0) is 74.3. The summed E-state index contributed by atoms with van der Waals surface area (Å²) in [4.78, 5) is 182. The van der Waals surface area contributed by atoms with Crippen molar-refractivity contribution >= 4 is 71.1 Å². The Morgan fingerprint density at radius 2 is 1.00 bits per heavy atom. The van der Waals surface area contributed by atoms with Crippen LogP contribution < -0.4 is 21.3 Å². The maximum absolute atomic E-state index is 15.2. The summed E-state index contributed by atoms with van der Waals surface area (Å²) in [5.74, 6) is -10.6. The third-order valence-electron chi connectivity index (χ3n) is 17.1. The molecule has 0 radical (unpaired) electrons. The van der Waals surface area contributed by atoms with Crippen LogP contribution in [0.2, 0.25) is 0 Å². The van der Waals surface area contributed by atoms with E-state index < -0.39 is 174 Å². The molecule has 13 atom stereocenters. The molecular formula is C69H121N11O16. The molecule has 0 aromatic carbocycles. The van der Waals surface area contributed by atoms with Crippen LogP contribution in [-0.2, 0) is 67.0 Å². The largest absolute Gasteiger partial charge is 0.509 e. The van der Waals surface area contributed by atoms with Crippen molar-refractivity contribution in [2.45, 2.75) is 242 Å². The highest BCUT2D eigenvalue weighted by molar-refractivity contribution is 5.99. The number of rotatable bonds is 19. The molecular weight excluding hydrogens is 1240 g/mol. The molecule has 27 heteroatoms. The minimum absolute atomic E-state index is 0.0388. The number of amides is 11. The zero-order valence-electron chi connectivity index (χ0n) is 62.6. The Labute approximate surface area is 572 Å². The number of hydrogen-bond acceptors (Lipinski definition) is 16. The number of ether oxygens (including phenoxy) is 3. The second-order valence-corrected chi connectivity index (χ2v) is 28.7. The van der Waals surface area contributed by atoms with Crippen molar-refractivity contribution < 1.29 is 76.9 Å². The van der Waals surface area contributed by atoms with Crippen molar-refractivity contribution in [3.8, 4) is 0 Å². The predicted molar refractivity (Wildman–Crippen MR) is 366 cm³/mol. The summed E-state index contributed by atoms with van der Waals surface area (Å²) in [7, 11) is 9.64. The summed E-state index contributed by atoms with van der Waals surface area (Å²) in [5.41, 5.74) is -0.797. The molecule has 1 heterocycles. The molecule has 548 valence electrons. The average molecular weight is 1360 g/mol. The van der Waals surface area contributed by atoms with E-state index >= 15 is 14.4 Å². The molecule has 96 heavy (non-hydrogen) atoms. The molecule has 1 aliphatic heterocycles. The summed E-state index contributed by atoms with van der Waals surface area (Å²) in [5, 5.41) is 23.1. The number of hydrogen-bond donors (Lipinski definition) is 5. The van der Waals surface area contributed by atoms with E-state index in [0.29, 0.717) is 0 Å². The van der Waals surface area contributed by atoms with E-state index in [1.165, 1.54) is 102 Å². The van der Waals surface area contributed by atoms with E-state index in [4.69, 9.17) is 14.2 Å². The van der Waals surface area contributed by atoms with Gasteiger partial charge in [-0.25, -0.2) is 4.79 Å². The van der Waals surface area contributed by atoms with E-state index in [1.807, 2.05) is 41.5 Å². The van der Waals surface area contributed by atoms with Crippen molar-refractivity contribution in [2.24, 2.45) is 35.5 Å². The van der Waals surface area contributed by atoms with Crippen molar-refractivity contribution in [3.63, 3.8) is 0 Å². The monoisotopic (exact) mass is 1360 g/mol. The SMILES string of the molecule is C/C=C/C[C@@H](C)[C@@H](O)[C@H]1C(=O)N[C@@H](CC)C(=O)N(C)CC(=O)N(C)[C@@H]([C@@H](C)OC/C=C/COC(=O)OC(C)(C)C)C(=O)N[C@@H](C(C)C)C(=O)N(C)[C@@H](CC(C)C)C(=O)N[C@@H](C)C(=O)N[C@H](C)C(=O)N(C)[C@@H](CC(C)C)C(=O)N(C)[C@H](CC(C)C)C(=O)N(C)[C@@H](C(C)C)C(=O)N1C. The van der Waals surface area contributed by atoms with Crippen LogP contribution in [-0.4, -0.2) is 258 Å². The van der Waals surface area contributed by atoms with E-state index in [9.17, 15) is 48.3 Å². The maximum atomic E-state index is 15.2. The van der Waals surface area contributed by atoms with Gasteiger partial charge in [0.05, 0.1) is 25.4 Å². The molecule has 0 aromatic heterocycles. The number of nitrogens with zero attached hydrogens (tertiary/aromatic N) is 7. The lowest BCUT2D eigenvalue weighted by atomic mass is 9.91. The lowest BCUT2D eigenvalue weighted by Gasteiger charge is -2.41. The van der Waals surface area contributed by atoms with Gasteiger partial charge in [0.1, 0.15) is 72.6 Å². The molecule has 5 N–H and O–H groups in total. The number of nitrogens with one attached hydrogen (secondary N) is 4. The highest BCUT2D eigenvalue weighted by Gasteiger charge is 2.46.